The number of methoxy groups -OCH3 is 5. The monoisotopic (exact) mass is 938 g/mol. The van der Waals surface area contributed by atoms with E-state index in [1.807, 2.05) is 133 Å². The first-order valence-corrected chi connectivity index (χ1v) is 22.6. The second-order valence-electron chi connectivity index (χ2n) is 16.2. The van der Waals surface area contributed by atoms with Crippen LogP contribution in [0.2, 0.25) is 0 Å². The fourth-order valence-electron chi connectivity index (χ4n) is 7.38. The molecule has 0 heterocycles. The smallest absolute Gasteiger partial charge is 0.339 e. The standard InChI is InChI=1S/C29H26O5.C16H16O3.C15H16O2/c1-32-24-10-3-20(4-11-24)17-21-7-14-26(15-8-21)34-28-16-9-23(19-27(28)29(30)31)18-22-5-12-25(33-2)13-6-22;1-11(17)15-10-13(5-8-16(15)18)9-12-3-6-14(19-2)7-4-12;1-16-14-7-3-12(4-8-14)11-13-5-9-15(17-2)10-6-13/h3-16,19H,17-18H2,1-2H3,(H,30,31);3-8,10,18H,9H2,1-2H3;3-10H,11H2,1-2H3. The average molecular weight is 939 g/mol. The lowest BCUT2D eigenvalue weighted by Gasteiger charge is -2.12. The van der Waals surface area contributed by atoms with Gasteiger partial charge < -0.3 is 38.6 Å². The number of phenolic OH excluding ortho intramolecular Hbond substituents is 1. The van der Waals surface area contributed by atoms with Gasteiger partial charge in [0.05, 0.1) is 41.1 Å². The minimum atomic E-state index is -1.03. The van der Waals surface area contributed by atoms with Crippen molar-refractivity contribution in [3.8, 4) is 46.0 Å². The lowest BCUT2D eigenvalue weighted by atomic mass is 10.0. The Morgan fingerprint density at radius 1 is 0.357 bits per heavy atom. The topological polar surface area (TPSA) is 130 Å². The van der Waals surface area contributed by atoms with Crippen LogP contribution in [0.4, 0.5) is 0 Å². The molecule has 8 aromatic carbocycles. The van der Waals surface area contributed by atoms with Crippen molar-refractivity contribution in [2.45, 2.75) is 32.6 Å². The molecular weight excluding hydrogens is 881 g/mol. The van der Waals surface area contributed by atoms with E-state index in [0.717, 1.165) is 69.4 Å². The molecule has 0 aliphatic rings. The summed E-state index contributed by atoms with van der Waals surface area (Å²) in [6.07, 6.45) is 3.04. The van der Waals surface area contributed by atoms with Crippen LogP contribution in [0.1, 0.15) is 72.1 Å². The van der Waals surface area contributed by atoms with Crippen LogP contribution >= 0.6 is 0 Å². The molecule has 0 saturated carbocycles. The predicted octanol–water partition coefficient (Wildman–Crippen LogP) is 12.9. The van der Waals surface area contributed by atoms with Gasteiger partial charge in [-0.1, -0.05) is 84.9 Å². The molecule has 10 heteroatoms. The van der Waals surface area contributed by atoms with Gasteiger partial charge in [-0.05, 0) is 174 Å². The number of rotatable bonds is 17. The molecule has 0 bridgehead atoms. The third-order valence-corrected chi connectivity index (χ3v) is 11.3. The van der Waals surface area contributed by atoms with Crippen molar-refractivity contribution in [3.05, 3.63) is 238 Å². The fraction of sp³-hybridized carbons (Fsp3) is 0.167. The molecule has 8 aromatic rings. The van der Waals surface area contributed by atoms with Crippen LogP contribution < -0.4 is 28.4 Å². The molecule has 0 aliphatic carbocycles. The Labute approximate surface area is 410 Å². The first-order valence-electron chi connectivity index (χ1n) is 22.6. The molecule has 8 rings (SSSR count). The Balaban J connectivity index is 0.000000189. The van der Waals surface area contributed by atoms with Crippen molar-refractivity contribution in [1.82, 2.24) is 0 Å². The summed E-state index contributed by atoms with van der Waals surface area (Å²) in [6.45, 7) is 1.45. The zero-order chi connectivity index (χ0) is 49.8. The molecule has 0 radical (unpaired) electrons. The van der Waals surface area contributed by atoms with Crippen LogP contribution in [0.3, 0.4) is 0 Å². The van der Waals surface area contributed by atoms with Gasteiger partial charge in [0.1, 0.15) is 51.6 Å². The maximum Gasteiger partial charge on any atom is 0.339 e. The summed E-state index contributed by atoms with van der Waals surface area (Å²) in [5.74, 6) is 4.00. The van der Waals surface area contributed by atoms with Gasteiger partial charge in [-0.25, -0.2) is 4.79 Å². The van der Waals surface area contributed by atoms with E-state index in [-0.39, 0.29) is 17.1 Å². The molecular formula is C60H58O10. The van der Waals surface area contributed by atoms with E-state index in [4.69, 9.17) is 28.4 Å². The molecule has 0 amide bonds. The fourth-order valence-corrected chi connectivity index (χ4v) is 7.38. The minimum Gasteiger partial charge on any atom is -0.507 e. The summed E-state index contributed by atoms with van der Waals surface area (Å²) in [6, 6.07) is 57.8. The molecule has 0 spiro atoms. The predicted molar refractivity (Wildman–Crippen MR) is 274 cm³/mol. The van der Waals surface area contributed by atoms with E-state index in [1.54, 1.807) is 59.8 Å². The van der Waals surface area contributed by atoms with Crippen molar-refractivity contribution in [2.24, 2.45) is 0 Å². The van der Waals surface area contributed by atoms with Crippen LogP contribution in [0.5, 0.6) is 46.0 Å². The number of carboxylic acid groups (broad SMARTS) is 1. The lowest BCUT2D eigenvalue weighted by Crippen LogP contribution is -2.02. The third-order valence-electron chi connectivity index (χ3n) is 11.3. The Bertz CT molecular complexity index is 2850. The molecule has 0 aliphatic heterocycles. The molecule has 0 unspecified atom stereocenters. The number of aromatic hydroxyl groups is 1. The number of Topliss-reactive ketones (excluding diaryl/α,β-unsaturated/α-hetero) is 1. The summed E-state index contributed by atoms with van der Waals surface area (Å²) in [7, 11) is 8.27. The number of carbonyl (C=O) groups is 2. The highest BCUT2D eigenvalue weighted by molar-refractivity contribution is 5.96. The molecule has 2 N–H and O–H groups in total. The second kappa shape index (κ2) is 25.6. The molecule has 358 valence electrons. The number of hydrogen-bond acceptors (Lipinski definition) is 9. The van der Waals surface area contributed by atoms with Crippen LogP contribution in [0, 0.1) is 0 Å². The SMILES string of the molecule is COc1ccc(Cc2ccc(O)c(C(C)=O)c2)cc1.COc1ccc(Cc2ccc(OC)cc2)cc1.COc1ccc(Cc2ccc(Oc3ccc(Cc4ccc(OC)cc4)cc3C(=O)O)cc2)cc1. The molecule has 0 saturated heterocycles. The van der Waals surface area contributed by atoms with Crippen LogP contribution in [-0.2, 0) is 25.7 Å². The van der Waals surface area contributed by atoms with E-state index in [9.17, 15) is 19.8 Å². The van der Waals surface area contributed by atoms with Crippen LogP contribution in [0.25, 0.3) is 0 Å². The van der Waals surface area contributed by atoms with Gasteiger partial charge >= 0.3 is 5.97 Å². The largest absolute Gasteiger partial charge is 0.507 e. The minimum absolute atomic E-state index is 0.0333. The molecule has 0 atom stereocenters. The van der Waals surface area contributed by atoms with E-state index in [1.165, 1.54) is 23.6 Å². The molecule has 10 nitrogen and oxygen atoms in total. The quantitative estimate of drug-likeness (QED) is 0.0851. The number of aromatic carboxylic acids is 1. The van der Waals surface area contributed by atoms with Gasteiger partial charge in [-0.15, -0.1) is 0 Å². The van der Waals surface area contributed by atoms with Crippen LogP contribution in [0.15, 0.2) is 182 Å². The summed E-state index contributed by atoms with van der Waals surface area (Å²) in [5, 5.41) is 19.3. The lowest BCUT2D eigenvalue weighted by molar-refractivity contribution is 0.0693. The van der Waals surface area contributed by atoms with Gasteiger partial charge in [-0.3, -0.25) is 4.79 Å². The maximum atomic E-state index is 11.9. The van der Waals surface area contributed by atoms with E-state index in [2.05, 4.69) is 24.3 Å². The van der Waals surface area contributed by atoms with E-state index in [0.29, 0.717) is 29.9 Å². The highest BCUT2D eigenvalue weighted by Gasteiger charge is 2.14. The van der Waals surface area contributed by atoms with Gasteiger partial charge in [0.15, 0.2) is 5.78 Å². The number of hydrogen-bond donors (Lipinski definition) is 2. The Hall–Kier alpha value is -8.50. The zero-order valence-corrected chi connectivity index (χ0v) is 40.3. The Morgan fingerprint density at radius 3 is 0.900 bits per heavy atom. The Kier molecular flexibility index (Phi) is 18.6. The molecule has 70 heavy (non-hydrogen) atoms. The molecule has 0 fully saturated rings. The molecule has 0 aromatic heterocycles. The van der Waals surface area contributed by atoms with Gasteiger partial charge in [0.25, 0.3) is 0 Å². The third kappa shape index (κ3) is 15.3. The van der Waals surface area contributed by atoms with Crippen LogP contribution in [-0.4, -0.2) is 57.5 Å². The van der Waals surface area contributed by atoms with E-state index < -0.39 is 5.97 Å². The Morgan fingerprint density at radius 2 is 0.614 bits per heavy atom. The van der Waals surface area contributed by atoms with Gasteiger partial charge in [-0.2, -0.15) is 0 Å². The highest BCUT2D eigenvalue weighted by Crippen LogP contribution is 2.29. The number of carboxylic acids is 1. The van der Waals surface area contributed by atoms with Crippen molar-refractivity contribution >= 4 is 11.8 Å². The summed E-state index contributed by atoms with van der Waals surface area (Å²) < 4.78 is 31.7. The van der Waals surface area contributed by atoms with Gasteiger partial charge in [0.2, 0.25) is 0 Å². The van der Waals surface area contributed by atoms with Crippen molar-refractivity contribution < 1.29 is 48.2 Å². The summed E-state index contributed by atoms with van der Waals surface area (Å²) in [5.41, 5.74) is 9.43. The number of ether oxygens (including phenoxy) is 6. The maximum absolute atomic E-state index is 11.9. The number of benzene rings is 8. The summed E-state index contributed by atoms with van der Waals surface area (Å²) >= 11 is 0. The number of ketones is 1. The average Bonchev–Trinajstić information content (AvgIpc) is 3.39. The summed E-state index contributed by atoms with van der Waals surface area (Å²) in [4.78, 5) is 23.3. The van der Waals surface area contributed by atoms with Crippen molar-refractivity contribution in [3.63, 3.8) is 0 Å². The van der Waals surface area contributed by atoms with Gasteiger partial charge in [0, 0.05) is 0 Å². The van der Waals surface area contributed by atoms with E-state index >= 15 is 0 Å². The zero-order valence-electron chi connectivity index (χ0n) is 40.3. The van der Waals surface area contributed by atoms with Crippen molar-refractivity contribution in [1.29, 1.82) is 0 Å². The highest BCUT2D eigenvalue weighted by atomic mass is 16.5. The number of carbonyl (C=O) groups excluding carboxylic acids is 1. The number of phenols is 1. The first-order chi connectivity index (χ1) is 33.9. The first kappa shape index (κ1) is 50.9. The van der Waals surface area contributed by atoms with Crippen molar-refractivity contribution in [2.75, 3.05) is 35.5 Å². The second-order valence-corrected chi connectivity index (χ2v) is 16.2. The normalized spacial score (nSPS) is 10.3.